The summed E-state index contributed by atoms with van der Waals surface area (Å²) in [7, 11) is 0. The molecule has 2 N–H and O–H groups in total. The lowest BCUT2D eigenvalue weighted by Crippen LogP contribution is -2.83. The summed E-state index contributed by atoms with van der Waals surface area (Å²) in [5.74, 6) is 0.559. The van der Waals surface area contributed by atoms with Crippen molar-refractivity contribution >= 4 is 0 Å². The molecule has 1 fully saturated rings. The second-order valence-corrected chi connectivity index (χ2v) is 6.40. The van der Waals surface area contributed by atoms with Crippen LogP contribution in [0.3, 0.4) is 0 Å². The molecule has 3 aromatic carbocycles. The fraction of sp³-hybridized carbons (Fsp3) is 0.182. The zero-order chi connectivity index (χ0) is 15.5. The quantitative estimate of drug-likeness (QED) is 0.746. The second kappa shape index (κ2) is 6.39. The topological polar surface area (TPSA) is 16.6 Å². The molecule has 3 aromatic rings. The molecule has 1 saturated heterocycles. The first-order valence-corrected chi connectivity index (χ1v) is 8.41. The maximum atomic E-state index is 2.56. The maximum absolute atomic E-state index is 2.56. The smallest absolute Gasteiger partial charge is 0.119 e. The Balaban J connectivity index is 1.70. The molecule has 0 radical (unpaired) electrons. The van der Waals surface area contributed by atoms with Gasteiger partial charge in [0.15, 0.2) is 0 Å². The summed E-state index contributed by atoms with van der Waals surface area (Å²) in [6.07, 6.45) is 1.19. The molecular weight excluding hydrogens is 278 g/mol. The summed E-state index contributed by atoms with van der Waals surface area (Å²) in [5, 5.41) is 2.56. The van der Waals surface area contributed by atoms with Crippen molar-refractivity contribution in [3.8, 4) is 0 Å². The zero-order valence-corrected chi connectivity index (χ0v) is 13.2. The highest BCUT2D eigenvalue weighted by atomic mass is 15.0. The molecule has 1 aliphatic heterocycles. The van der Waals surface area contributed by atoms with Crippen LogP contribution >= 0.6 is 0 Å². The summed E-state index contributed by atoms with van der Waals surface area (Å²) in [5.41, 5.74) is 4.32. The molecule has 0 aromatic heterocycles. The van der Waals surface area contributed by atoms with Crippen molar-refractivity contribution in [2.75, 3.05) is 0 Å². The Kier molecular flexibility index (Phi) is 3.95. The van der Waals surface area contributed by atoms with Crippen LogP contribution in [0.1, 0.15) is 41.1 Å². The number of nitrogens with two attached hydrogens (primary N) is 1. The van der Waals surface area contributed by atoms with Crippen LogP contribution in [0.2, 0.25) is 0 Å². The fourth-order valence-electron chi connectivity index (χ4n) is 3.89. The highest BCUT2D eigenvalue weighted by Gasteiger charge is 2.40. The molecule has 114 valence electrons. The highest BCUT2D eigenvalue weighted by molar-refractivity contribution is 5.29. The lowest BCUT2D eigenvalue weighted by molar-refractivity contribution is -0.715. The van der Waals surface area contributed by atoms with E-state index in [0.29, 0.717) is 18.0 Å². The van der Waals surface area contributed by atoms with Crippen molar-refractivity contribution in [2.24, 2.45) is 0 Å². The van der Waals surface area contributed by atoms with E-state index in [-0.39, 0.29) is 0 Å². The van der Waals surface area contributed by atoms with Gasteiger partial charge in [0.2, 0.25) is 0 Å². The van der Waals surface area contributed by atoms with Crippen LogP contribution in [-0.4, -0.2) is 0 Å². The molecule has 0 amide bonds. The van der Waals surface area contributed by atoms with Gasteiger partial charge in [-0.25, -0.2) is 0 Å². The molecule has 0 bridgehead atoms. The van der Waals surface area contributed by atoms with Crippen LogP contribution in [0.4, 0.5) is 0 Å². The number of hydrogen-bond acceptors (Lipinski definition) is 0. The highest BCUT2D eigenvalue weighted by Crippen LogP contribution is 2.39. The molecule has 1 nitrogen and oxygen atoms in total. The summed E-state index contributed by atoms with van der Waals surface area (Å²) >= 11 is 0. The normalized spacial score (nSPS) is 23.7. The molecule has 0 aliphatic carbocycles. The maximum Gasteiger partial charge on any atom is 0.119 e. The number of rotatable bonds is 3. The van der Waals surface area contributed by atoms with Crippen molar-refractivity contribution < 1.29 is 5.32 Å². The van der Waals surface area contributed by atoms with Gasteiger partial charge in [0.05, 0.1) is 0 Å². The van der Waals surface area contributed by atoms with Crippen LogP contribution in [0.25, 0.3) is 0 Å². The van der Waals surface area contributed by atoms with E-state index >= 15 is 0 Å². The monoisotopic (exact) mass is 300 g/mol. The van der Waals surface area contributed by atoms with E-state index in [4.69, 9.17) is 0 Å². The Morgan fingerprint density at radius 1 is 0.565 bits per heavy atom. The Morgan fingerprint density at radius 3 is 1.61 bits per heavy atom. The number of benzene rings is 3. The molecule has 4 rings (SSSR count). The summed E-state index contributed by atoms with van der Waals surface area (Å²) in [4.78, 5) is 0. The first-order valence-electron chi connectivity index (χ1n) is 8.41. The molecule has 23 heavy (non-hydrogen) atoms. The molecule has 1 heteroatoms. The molecule has 0 spiro atoms. The minimum absolute atomic E-state index is 0.490. The van der Waals surface area contributed by atoms with E-state index in [1.54, 1.807) is 0 Å². The van der Waals surface area contributed by atoms with Crippen molar-refractivity contribution in [3.05, 3.63) is 108 Å². The average molecular weight is 300 g/mol. The van der Waals surface area contributed by atoms with Gasteiger partial charge >= 0.3 is 0 Å². The van der Waals surface area contributed by atoms with E-state index in [1.165, 1.54) is 23.1 Å². The van der Waals surface area contributed by atoms with Gasteiger partial charge in [-0.05, 0) is 5.56 Å². The van der Waals surface area contributed by atoms with Crippen molar-refractivity contribution in [1.29, 1.82) is 0 Å². The molecule has 1 heterocycles. The third-order valence-electron chi connectivity index (χ3n) is 5.02. The Hall–Kier alpha value is -2.38. The number of quaternary nitrogens is 1. The van der Waals surface area contributed by atoms with Crippen LogP contribution in [0, 0.1) is 0 Å². The largest absolute Gasteiger partial charge is 0.333 e. The van der Waals surface area contributed by atoms with E-state index in [9.17, 15) is 0 Å². The first-order chi connectivity index (χ1) is 11.4. The van der Waals surface area contributed by atoms with Gasteiger partial charge < -0.3 is 5.32 Å². The van der Waals surface area contributed by atoms with Gasteiger partial charge in [-0.1, -0.05) is 91.0 Å². The zero-order valence-electron chi connectivity index (χ0n) is 13.2. The number of hydrogen-bond donors (Lipinski definition) is 1. The Bertz CT molecular complexity index is 689. The Morgan fingerprint density at radius 2 is 1.04 bits per heavy atom. The predicted octanol–water partition coefficient (Wildman–Crippen LogP) is 4.22. The van der Waals surface area contributed by atoms with Crippen LogP contribution in [0.15, 0.2) is 91.0 Å². The van der Waals surface area contributed by atoms with Gasteiger partial charge in [0.1, 0.15) is 12.1 Å². The summed E-state index contributed by atoms with van der Waals surface area (Å²) < 4.78 is 0. The Labute approximate surface area is 138 Å². The van der Waals surface area contributed by atoms with E-state index in [2.05, 4.69) is 96.3 Å². The second-order valence-electron chi connectivity index (χ2n) is 6.40. The van der Waals surface area contributed by atoms with E-state index < -0.39 is 0 Å². The standard InChI is InChI=1S/C22H21N/c1-4-10-17(11-5-1)20-16-21(18-12-6-2-7-13-18)23-22(20)19-14-8-3-9-15-19/h1-15,20-23H,16H2/p+1/t20-,21-,22-/m1/s1. The molecular formula is C22H22N+. The minimum atomic E-state index is 0.490. The van der Waals surface area contributed by atoms with Gasteiger partial charge in [-0.15, -0.1) is 0 Å². The van der Waals surface area contributed by atoms with Gasteiger partial charge in [0.25, 0.3) is 0 Å². The first kappa shape index (κ1) is 14.2. The molecule has 3 atom stereocenters. The average Bonchev–Trinajstić information content (AvgIpc) is 3.09. The van der Waals surface area contributed by atoms with Gasteiger partial charge in [-0.2, -0.15) is 0 Å². The summed E-state index contributed by atoms with van der Waals surface area (Å²) in [6.45, 7) is 0. The van der Waals surface area contributed by atoms with E-state index in [0.717, 1.165) is 0 Å². The molecule has 1 aliphatic rings. The minimum Gasteiger partial charge on any atom is -0.333 e. The lowest BCUT2D eigenvalue weighted by Gasteiger charge is -2.17. The van der Waals surface area contributed by atoms with Gasteiger partial charge in [-0.3, -0.25) is 0 Å². The third-order valence-corrected chi connectivity index (χ3v) is 5.02. The SMILES string of the molecule is c1ccc([C@H]2C[C@H](c3ccccc3)[NH2+][C@@H]2c2ccccc2)cc1. The van der Waals surface area contributed by atoms with Crippen LogP contribution in [0.5, 0.6) is 0 Å². The van der Waals surface area contributed by atoms with E-state index in [1.807, 2.05) is 0 Å². The summed E-state index contributed by atoms with van der Waals surface area (Å²) in [6, 6.07) is 33.9. The van der Waals surface area contributed by atoms with Crippen LogP contribution in [-0.2, 0) is 0 Å². The predicted molar refractivity (Wildman–Crippen MR) is 94.1 cm³/mol. The van der Waals surface area contributed by atoms with Crippen molar-refractivity contribution in [1.82, 2.24) is 0 Å². The van der Waals surface area contributed by atoms with Crippen LogP contribution < -0.4 is 5.32 Å². The third kappa shape index (κ3) is 2.93. The van der Waals surface area contributed by atoms with Crippen molar-refractivity contribution in [2.45, 2.75) is 24.4 Å². The van der Waals surface area contributed by atoms with Gasteiger partial charge in [0, 0.05) is 23.5 Å². The molecule has 0 saturated carbocycles. The molecule has 0 unspecified atom stereocenters. The van der Waals surface area contributed by atoms with Crippen molar-refractivity contribution in [3.63, 3.8) is 0 Å². The lowest BCUT2D eigenvalue weighted by atomic mass is 9.86. The fourth-order valence-corrected chi connectivity index (χ4v) is 3.89.